The van der Waals surface area contributed by atoms with E-state index in [-0.39, 0.29) is 0 Å². The monoisotopic (exact) mass is 148 g/mol. The number of carbonyl (C=O) groups excluding carboxylic acids is 1. The molecule has 0 atom stereocenters. The van der Waals surface area contributed by atoms with Gasteiger partial charge in [-0.05, 0) is 6.26 Å². The normalized spacial score (nSPS) is 11.3. The maximum atomic E-state index is 5.12. The van der Waals surface area contributed by atoms with Gasteiger partial charge in [0.1, 0.15) is 0 Å². The van der Waals surface area contributed by atoms with Crippen LogP contribution >= 0.6 is 11.8 Å². The Labute approximate surface area is 60.3 Å². The molecule has 0 heterocycles. The van der Waals surface area contributed by atoms with E-state index in [0.717, 1.165) is 6.10 Å². The van der Waals surface area contributed by atoms with Crippen LogP contribution in [-0.4, -0.2) is 18.7 Å². The zero-order valence-electron chi connectivity index (χ0n) is 6.22. The smallest absolute Gasteiger partial charge is 0.401 e. The van der Waals surface area contributed by atoms with E-state index in [9.17, 15) is 0 Å². The van der Waals surface area contributed by atoms with Gasteiger partial charge < -0.3 is 9.16 Å². The minimum Gasteiger partial charge on any atom is -0.456 e. The lowest BCUT2D eigenvalue weighted by molar-refractivity contribution is -0.124. The summed E-state index contributed by atoms with van der Waals surface area (Å²) in [6, 6.07) is 0. The predicted octanol–water partition coefficient (Wildman–Crippen LogP) is 2.22. The summed E-state index contributed by atoms with van der Waals surface area (Å²) in [4.78, 5) is 0. The lowest BCUT2D eigenvalue weighted by atomic mass is 10.5. The van der Waals surface area contributed by atoms with Crippen molar-refractivity contribution < 1.29 is 9.16 Å². The number of hydrogen-bond acceptors (Lipinski definition) is 2. The van der Waals surface area contributed by atoms with Gasteiger partial charge >= 0.3 is 5.30 Å². The van der Waals surface area contributed by atoms with Gasteiger partial charge in [0, 0.05) is 6.10 Å². The summed E-state index contributed by atoms with van der Waals surface area (Å²) in [6.45, 7) is 3.77. The molecule has 0 aromatic rings. The third kappa shape index (κ3) is 4.21. The van der Waals surface area contributed by atoms with Gasteiger partial charge in [-0.2, -0.15) is 0 Å². The van der Waals surface area contributed by atoms with Crippen molar-refractivity contribution in [2.45, 2.75) is 13.8 Å². The average Bonchev–Trinajstić information content (AvgIpc) is 1.82. The summed E-state index contributed by atoms with van der Waals surface area (Å²) < 4.78 is 9.97. The van der Waals surface area contributed by atoms with Gasteiger partial charge in [-0.1, -0.05) is 25.6 Å². The summed E-state index contributed by atoms with van der Waals surface area (Å²) in [6.07, 6.45) is 2.79. The number of hydrogen-bond donors (Lipinski definition) is 0. The van der Waals surface area contributed by atoms with E-state index in [0.29, 0.717) is 5.30 Å². The van der Waals surface area contributed by atoms with Gasteiger partial charge in [0.2, 0.25) is 0 Å². The highest BCUT2D eigenvalue weighted by atomic mass is 32.2. The second kappa shape index (κ2) is 4.56. The van der Waals surface area contributed by atoms with Crippen molar-refractivity contribution in [3.63, 3.8) is 0 Å². The van der Waals surface area contributed by atoms with Crippen LogP contribution in [0.3, 0.4) is 0 Å². The highest BCUT2D eigenvalue weighted by Gasteiger charge is 1.97. The molecule has 0 rings (SSSR count). The molecule has 3 heteroatoms. The Hall–Kier alpha value is -0.310. The fourth-order valence-electron chi connectivity index (χ4n) is 0.333. The molecular formula is C6H12O2S. The van der Waals surface area contributed by atoms with Crippen molar-refractivity contribution >= 4 is 17.1 Å². The van der Waals surface area contributed by atoms with E-state index in [1.54, 1.807) is 7.11 Å². The van der Waals surface area contributed by atoms with Crippen LogP contribution in [0.2, 0.25) is 0 Å². The topological polar surface area (TPSA) is 20.5 Å². The molecule has 0 spiro atoms. The first-order valence-electron chi connectivity index (χ1n) is 2.63. The van der Waals surface area contributed by atoms with Gasteiger partial charge in [0.15, 0.2) is 7.11 Å². The van der Waals surface area contributed by atoms with Gasteiger partial charge in [-0.3, -0.25) is 0 Å². The van der Waals surface area contributed by atoms with Crippen molar-refractivity contribution in [3.8, 4) is 0 Å². The lowest BCUT2D eigenvalue weighted by Crippen LogP contribution is -1.92. The number of methoxy groups -OCH3 is 1. The van der Waals surface area contributed by atoms with Crippen molar-refractivity contribution in [1.82, 2.24) is 0 Å². The third-order valence-corrected chi connectivity index (χ3v) is 1.20. The zero-order valence-corrected chi connectivity index (χ0v) is 7.04. The minimum atomic E-state index is 0.593. The van der Waals surface area contributed by atoms with Crippen molar-refractivity contribution in [3.05, 3.63) is 6.10 Å². The Balaban J connectivity index is 3.75. The van der Waals surface area contributed by atoms with E-state index < -0.39 is 0 Å². The molecule has 54 valence electrons. The standard InChI is InChI=1S/C6H12O2S/c1-5(2)8-6(7-3)9-4/h1-4H3. The Bertz CT molecular complexity index is 93.2. The highest BCUT2D eigenvalue weighted by Crippen LogP contribution is 2.10. The van der Waals surface area contributed by atoms with Crippen LogP contribution in [0.4, 0.5) is 4.42 Å². The van der Waals surface area contributed by atoms with Gasteiger partial charge in [-0.25, -0.2) is 0 Å². The van der Waals surface area contributed by atoms with E-state index in [1.807, 2.05) is 20.1 Å². The molecule has 0 N–H and O–H groups in total. The molecule has 0 aliphatic rings. The molecule has 0 radical (unpaired) electrons. The van der Waals surface area contributed by atoms with E-state index >= 15 is 0 Å². The molecule has 0 saturated carbocycles. The molecule has 0 aromatic carbocycles. The molecule has 9 heavy (non-hydrogen) atoms. The second-order valence-electron chi connectivity index (χ2n) is 1.67. The van der Waals surface area contributed by atoms with Crippen molar-refractivity contribution in [1.29, 1.82) is 0 Å². The average molecular weight is 148 g/mol. The van der Waals surface area contributed by atoms with Crippen molar-refractivity contribution in [2.24, 2.45) is 0 Å². The summed E-state index contributed by atoms with van der Waals surface area (Å²) >= 11 is 1.45. The van der Waals surface area contributed by atoms with Crippen LogP contribution in [0.5, 0.6) is 0 Å². The van der Waals surface area contributed by atoms with E-state index in [4.69, 9.17) is 9.16 Å². The fourth-order valence-corrected chi connectivity index (χ4v) is 0.750. The molecule has 2 nitrogen and oxygen atoms in total. The largest absolute Gasteiger partial charge is 0.456 e. The molecule has 0 aliphatic heterocycles. The van der Waals surface area contributed by atoms with Gasteiger partial charge in [0.05, 0.1) is 0 Å². The first-order valence-corrected chi connectivity index (χ1v) is 3.86. The van der Waals surface area contributed by atoms with Gasteiger partial charge in [-0.15, -0.1) is 0 Å². The van der Waals surface area contributed by atoms with E-state index in [1.165, 1.54) is 11.8 Å². The van der Waals surface area contributed by atoms with Crippen molar-refractivity contribution in [2.75, 3.05) is 13.4 Å². The van der Waals surface area contributed by atoms with Crippen LogP contribution < -0.4 is 0 Å². The van der Waals surface area contributed by atoms with Crippen LogP contribution in [0, 0.1) is 6.10 Å². The van der Waals surface area contributed by atoms with Gasteiger partial charge in [0.25, 0.3) is 0 Å². The minimum absolute atomic E-state index is 0.593. The summed E-state index contributed by atoms with van der Waals surface area (Å²) in [7, 11) is 1.59. The summed E-state index contributed by atoms with van der Waals surface area (Å²) in [5.41, 5.74) is 0. The second-order valence-corrected chi connectivity index (χ2v) is 2.41. The van der Waals surface area contributed by atoms with Crippen LogP contribution in [0.25, 0.3) is 0 Å². The Kier molecular flexibility index (Phi) is 4.40. The molecule has 0 amide bonds. The quantitative estimate of drug-likeness (QED) is 0.323. The van der Waals surface area contributed by atoms with Crippen LogP contribution in [-0.2, 0) is 4.74 Å². The summed E-state index contributed by atoms with van der Waals surface area (Å²) in [5, 5.41) is 0.593. The molecule has 0 aliphatic carbocycles. The van der Waals surface area contributed by atoms with E-state index in [2.05, 4.69) is 0 Å². The Morgan fingerprint density at radius 1 is 1.56 bits per heavy atom. The molecule has 0 saturated heterocycles. The first kappa shape index (κ1) is 8.69. The first-order chi connectivity index (χ1) is 4.20. The molecule has 0 unspecified atom stereocenters. The number of rotatable bonds is 1. The Morgan fingerprint density at radius 2 is 2.11 bits per heavy atom. The third-order valence-electron chi connectivity index (χ3n) is 0.621. The number of ether oxygens (including phenoxy) is 1. The zero-order chi connectivity index (χ0) is 7.28. The van der Waals surface area contributed by atoms with Crippen LogP contribution in [0.1, 0.15) is 13.8 Å². The Morgan fingerprint density at radius 3 is 2.22 bits per heavy atom. The molecular weight excluding hydrogens is 136 g/mol. The highest BCUT2D eigenvalue weighted by molar-refractivity contribution is 8.12. The molecule has 0 aromatic heterocycles. The summed E-state index contributed by atoms with van der Waals surface area (Å²) in [5.74, 6) is 0. The lowest BCUT2D eigenvalue weighted by Gasteiger charge is -2.01. The maximum absolute atomic E-state index is 5.12. The van der Waals surface area contributed by atoms with Crippen LogP contribution in [0.15, 0.2) is 0 Å². The predicted molar refractivity (Wildman–Crippen MR) is 40.5 cm³/mol. The fraction of sp³-hybridized carbons (Fsp3) is 0.667. The molecule has 0 fully saturated rings. The SMILES string of the molecule is COC(=[O+][C-](C)C)SC. The number of thioether (sulfide) groups is 1. The maximum Gasteiger partial charge on any atom is 0.401 e. The molecule has 0 bridgehead atoms.